The first kappa shape index (κ1) is 9.53. The molecule has 1 N–H and O–H groups in total. The number of para-hydroxylation sites is 1. The molecule has 1 aromatic carbocycles. The van der Waals surface area contributed by atoms with Crippen molar-refractivity contribution in [3.63, 3.8) is 0 Å². The van der Waals surface area contributed by atoms with Crippen LogP contribution in [-0.2, 0) is 0 Å². The fraction of sp³-hybridized carbons (Fsp3) is 0.500. The number of benzene rings is 1. The Morgan fingerprint density at radius 3 is 2.79 bits per heavy atom. The van der Waals surface area contributed by atoms with Crippen molar-refractivity contribution in [3.05, 3.63) is 30.3 Å². The second-order valence-corrected chi connectivity index (χ2v) is 3.91. The molecule has 0 radical (unpaired) electrons. The van der Waals surface area contributed by atoms with Crippen LogP contribution in [0, 0.1) is 0 Å². The summed E-state index contributed by atoms with van der Waals surface area (Å²) in [5.41, 5.74) is 1.35. The SMILES string of the molecule is CNC1CCCN(c2ccccc2)C1. The second-order valence-electron chi connectivity index (χ2n) is 3.91. The standard InChI is InChI=1S/C12H18N2/c1-13-11-6-5-9-14(10-11)12-7-3-2-4-8-12/h2-4,7-8,11,13H,5-6,9-10H2,1H3. The van der Waals surface area contributed by atoms with Crippen molar-refractivity contribution >= 4 is 5.69 Å². The minimum atomic E-state index is 0.656. The van der Waals surface area contributed by atoms with Gasteiger partial charge >= 0.3 is 0 Å². The highest BCUT2D eigenvalue weighted by Crippen LogP contribution is 2.18. The molecule has 0 aliphatic carbocycles. The van der Waals surface area contributed by atoms with E-state index in [1.165, 1.54) is 25.1 Å². The molecule has 0 spiro atoms. The summed E-state index contributed by atoms with van der Waals surface area (Å²) in [4.78, 5) is 2.46. The minimum Gasteiger partial charge on any atom is -0.370 e. The Kier molecular flexibility index (Phi) is 3.04. The quantitative estimate of drug-likeness (QED) is 0.766. The average molecular weight is 190 g/mol. The summed E-state index contributed by atoms with van der Waals surface area (Å²) in [7, 11) is 2.05. The molecule has 0 amide bonds. The molecular weight excluding hydrogens is 172 g/mol. The zero-order valence-corrected chi connectivity index (χ0v) is 8.74. The van der Waals surface area contributed by atoms with Crippen molar-refractivity contribution in [2.75, 3.05) is 25.0 Å². The molecule has 1 saturated heterocycles. The van der Waals surface area contributed by atoms with E-state index in [4.69, 9.17) is 0 Å². The van der Waals surface area contributed by atoms with Crippen LogP contribution in [0.15, 0.2) is 30.3 Å². The lowest BCUT2D eigenvalue weighted by molar-refractivity contribution is 0.449. The number of anilines is 1. The van der Waals surface area contributed by atoms with Crippen LogP contribution in [0.4, 0.5) is 5.69 Å². The molecule has 1 aliphatic rings. The molecule has 1 unspecified atom stereocenters. The Hall–Kier alpha value is -1.02. The van der Waals surface area contributed by atoms with Gasteiger partial charge in [0.15, 0.2) is 0 Å². The van der Waals surface area contributed by atoms with E-state index in [0.29, 0.717) is 6.04 Å². The Bertz CT molecular complexity index is 271. The highest BCUT2D eigenvalue weighted by atomic mass is 15.2. The van der Waals surface area contributed by atoms with Gasteiger partial charge in [-0.25, -0.2) is 0 Å². The molecule has 1 atom stereocenters. The lowest BCUT2D eigenvalue weighted by Gasteiger charge is -2.34. The number of rotatable bonds is 2. The molecule has 0 saturated carbocycles. The topological polar surface area (TPSA) is 15.3 Å². The van der Waals surface area contributed by atoms with Crippen LogP contribution in [0.3, 0.4) is 0 Å². The first-order chi connectivity index (χ1) is 6.90. The maximum absolute atomic E-state index is 3.36. The van der Waals surface area contributed by atoms with Crippen LogP contribution in [0.2, 0.25) is 0 Å². The summed E-state index contributed by atoms with van der Waals surface area (Å²) >= 11 is 0. The molecule has 2 heteroatoms. The van der Waals surface area contributed by atoms with Gasteiger partial charge in [-0.2, -0.15) is 0 Å². The van der Waals surface area contributed by atoms with Crippen LogP contribution < -0.4 is 10.2 Å². The van der Waals surface area contributed by atoms with E-state index >= 15 is 0 Å². The predicted molar refractivity (Wildman–Crippen MR) is 60.7 cm³/mol. The van der Waals surface area contributed by atoms with E-state index in [-0.39, 0.29) is 0 Å². The maximum Gasteiger partial charge on any atom is 0.0366 e. The fourth-order valence-corrected chi connectivity index (χ4v) is 2.09. The molecule has 14 heavy (non-hydrogen) atoms. The number of nitrogens with one attached hydrogen (secondary N) is 1. The van der Waals surface area contributed by atoms with Crippen molar-refractivity contribution in [1.82, 2.24) is 5.32 Å². The van der Waals surface area contributed by atoms with Crippen LogP contribution in [-0.4, -0.2) is 26.2 Å². The summed E-state index contributed by atoms with van der Waals surface area (Å²) in [6.45, 7) is 2.34. The zero-order chi connectivity index (χ0) is 9.80. The molecular formula is C12H18N2. The third-order valence-corrected chi connectivity index (χ3v) is 2.95. The van der Waals surface area contributed by atoms with Crippen molar-refractivity contribution < 1.29 is 0 Å². The van der Waals surface area contributed by atoms with Gasteiger partial charge in [0.05, 0.1) is 0 Å². The Morgan fingerprint density at radius 2 is 2.07 bits per heavy atom. The third kappa shape index (κ3) is 2.07. The van der Waals surface area contributed by atoms with E-state index in [1.54, 1.807) is 0 Å². The first-order valence-corrected chi connectivity index (χ1v) is 5.37. The van der Waals surface area contributed by atoms with Gasteiger partial charge in [0.1, 0.15) is 0 Å². The highest BCUT2D eigenvalue weighted by molar-refractivity contribution is 5.46. The van der Waals surface area contributed by atoms with Gasteiger partial charge in [0.2, 0.25) is 0 Å². The van der Waals surface area contributed by atoms with Crippen molar-refractivity contribution in [2.24, 2.45) is 0 Å². The van der Waals surface area contributed by atoms with Crippen LogP contribution in [0.5, 0.6) is 0 Å². The van der Waals surface area contributed by atoms with Crippen molar-refractivity contribution in [2.45, 2.75) is 18.9 Å². The van der Waals surface area contributed by atoms with Gasteiger partial charge in [0, 0.05) is 24.8 Å². The van der Waals surface area contributed by atoms with Gasteiger partial charge < -0.3 is 10.2 Å². The summed E-state index contributed by atoms with van der Waals surface area (Å²) in [5.74, 6) is 0. The molecule has 1 aromatic rings. The van der Waals surface area contributed by atoms with E-state index in [9.17, 15) is 0 Å². The number of likely N-dealkylation sites (N-methyl/N-ethyl adjacent to an activating group) is 1. The third-order valence-electron chi connectivity index (χ3n) is 2.95. The van der Waals surface area contributed by atoms with E-state index in [1.807, 2.05) is 0 Å². The number of hydrogen-bond donors (Lipinski definition) is 1. The van der Waals surface area contributed by atoms with Gasteiger partial charge in [-0.05, 0) is 32.0 Å². The molecule has 1 fully saturated rings. The monoisotopic (exact) mass is 190 g/mol. The molecule has 0 aromatic heterocycles. The van der Waals surface area contributed by atoms with Crippen molar-refractivity contribution in [1.29, 1.82) is 0 Å². The van der Waals surface area contributed by atoms with Gasteiger partial charge in [-0.15, -0.1) is 0 Å². The number of nitrogens with zero attached hydrogens (tertiary/aromatic N) is 1. The second kappa shape index (κ2) is 4.47. The van der Waals surface area contributed by atoms with Crippen molar-refractivity contribution in [3.8, 4) is 0 Å². The molecule has 2 nitrogen and oxygen atoms in total. The van der Waals surface area contributed by atoms with E-state index < -0.39 is 0 Å². The van der Waals surface area contributed by atoms with Crippen LogP contribution in [0.1, 0.15) is 12.8 Å². The lowest BCUT2D eigenvalue weighted by atomic mass is 10.1. The van der Waals surface area contributed by atoms with Crippen LogP contribution in [0.25, 0.3) is 0 Å². The summed E-state index contributed by atoms with van der Waals surface area (Å²) in [6, 6.07) is 11.3. The van der Waals surface area contributed by atoms with E-state index in [0.717, 1.165) is 6.54 Å². The Balaban J connectivity index is 2.04. The number of hydrogen-bond acceptors (Lipinski definition) is 2. The molecule has 2 rings (SSSR count). The molecule has 76 valence electrons. The largest absolute Gasteiger partial charge is 0.370 e. The Labute approximate surface area is 85.9 Å². The number of piperidine rings is 1. The normalized spacial score (nSPS) is 22.4. The van der Waals surface area contributed by atoms with Gasteiger partial charge in [0.25, 0.3) is 0 Å². The van der Waals surface area contributed by atoms with Gasteiger partial charge in [-0.1, -0.05) is 18.2 Å². The highest BCUT2D eigenvalue weighted by Gasteiger charge is 2.17. The first-order valence-electron chi connectivity index (χ1n) is 5.37. The molecule has 1 heterocycles. The smallest absolute Gasteiger partial charge is 0.0366 e. The summed E-state index contributed by atoms with van der Waals surface area (Å²) in [6.07, 6.45) is 2.60. The maximum atomic E-state index is 3.36. The van der Waals surface area contributed by atoms with Gasteiger partial charge in [-0.3, -0.25) is 0 Å². The average Bonchev–Trinajstić information content (AvgIpc) is 2.30. The Morgan fingerprint density at radius 1 is 1.29 bits per heavy atom. The lowest BCUT2D eigenvalue weighted by Crippen LogP contribution is -2.44. The molecule has 0 bridgehead atoms. The summed E-state index contributed by atoms with van der Waals surface area (Å²) < 4.78 is 0. The van der Waals surface area contributed by atoms with Crippen LogP contribution >= 0.6 is 0 Å². The summed E-state index contributed by atoms with van der Waals surface area (Å²) in [5, 5.41) is 3.36. The zero-order valence-electron chi connectivity index (χ0n) is 8.74. The predicted octanol–water partition coefficient (Wildman–Crippen LogP) is 1.87. The molecule has 1 aliphatic heterocycles. The fourth-order valence-electron chi connectivity index (χ4n) is 2.09. The minimum absolute atomic E-state index is 0.656. The van der Waals surface area contributed by atoms with E-state index in [2.05, 4.69) is 47.6 Å².